The van der Waals surface area contributed by atoms with Gasteiger partial charge in [-0.1, -0.05) is 76.2 Å². The number of fused-ring (bicyclic) bond motifs is 5. The number of ketones is 1. The van der Waals surface area contributed by atoms with E-state index in [1.54, 1.807) is 71.9 Å². The molecule has 0 radical (unpaired) electrons. The van der Waals surface area contributed by atoms with Gasteiger partial charge in [0.15, 0.2) is 11.7 Å². The molecule has 2 saturated carbocycles. The number of Topliss-reactive ketones (excluding diaryl/α,β-unsaturated/α-hetero) is 1. The number of methoxy groups -OCH3 is 1. The van der Waals surface area contributed by atoms with Crippen molar-refractivity contribution >= 4 is 23.7 Å². The van der Waals surface area contributed by atoms with Crippen LogP contribution >= 0.6 is 0 Å². The third-order valence-electron chi connectivity index (χ3n) is 12.8. The van der Waals surface area contributed by atoms with Crippen LogP contribution in [-0.4, -0.2) is 89.3 Å². The molecular formula is C41H50O11. The van der Waals surface area contributed by atoms with E-state index in [0.29, 0.717) is 11.1 Å². The van der Waals surface area contributed by atoms with Crippen LogP contribution in [0.4, 0.5) is 0 Å². The zero-order valence-corrected chi connectivity index (χ0v) is 31.1. The largest absolute Gasteiger partial charge is 0.456 e. The number of carbonyl (C=O) groups excluding carboxylic acids is 4. The van der Waals surface area contributed by atoms with E-state index in [1.807, 2.05) is 30.3 Å². The Labute approximate surface area is 304 Å². The average molecular weight is 719 g/mol. The number of aliphatic hydroxyl groups excluding tert-OH is 1. The second-order valence-electron chi connectivity index (χ2n) is 15.8. The highest BCUT2D eigenvalue weighted by atomic mass is 16.6. The molecule has 0 aromatic heterocycles. The maximum atomic E-state index is 15.3. The van der Waals surface area contributed by atoms with E-state index >= 15 is 4.79 Å². The number of esters is 3. The summed E-state index contributed by atoms with van der Waals surface area (Å²) < 4.78 is 30.8. The molecule has 11 heteroatoms. The summed E-state index contributed by atoms with van der Waals surface area (Å²) in [6.45, 7) is 11.7. The van der Waals surface area contributed by atoms with Crippen LogP contribution in [0.2, 0.25) is 0 Å². The fourth-order valence-electron chi connectivity index (χ4n) is 9.94. The van der Waals surface area contributed by atoms with Crippen molar-refractivity contribution in [2.24, 2.45) is 22.7 Å². The standard InChI is InChI=1S/C41H50O11/c1-22(26-15-11-9-12-16-26)32(43)37(46)50-28-20-41(47)35(51-36(45)27-17-13-10-14-18-27)33-39(7,34(44)24(3)31(23(28)2)38(41,5)6)29(48-8)19-30-40(33,21-49-30)52-25(4)42/h9-18,22,24,28-30,32-33,35,43,47H,19-21H2,1-8H3/t22-,24+,28?,29-,30+,32+,33-,35-,39+,40-,41+/m0/s1. The second-order valence-corrected chi connectivity index (χ2v) is 15.8. The van der Waals surface area contributed by atoms with Gasteiger partial charge in [-0.05, 0) is 42.7 Å². The predicted molar refractivity (Wildman–Crippen MR) is 188 cm³/mol. The van der Waals surface area contributed by atoms with Gasteiger partial charge in [-0.15, -0.1) is 0 Å². The Balaban J connectivity index is 1.54. The highest BCUT2D eigenvalue weighted by Crippen LogP contribution is 2.65. The van der Waals surface area contributed by atoms with Gasteiger partial charge in [0.1, 0.15) is 29.7 Å². The van der Waals surface area contributed by atoms with E-state index in [2.05, 4.69) is 0 Å². The molecule has 2 aromatic carbocycles. The van der Waals surface area contributed by atoms with Crippen LogP contribution in [0.15, 0.2) is 71.8 Å². The third kappa shape index (κ3) is 5.63. The van der Waals surface area contributed by atoms with E-state index in [9.17, 15) is 24.6 Å². The molecule has 11 nitrogen and oxygen atoms in total. The van der Waals surface area contributed by atoms with Gasteiger partial charge in [-0.3, -0.25) is 9.59 Å². The Bertz CT molecular complexity index is 1750. The molecule has 3 aliphatic carbocycles. The van der Waals surface area contributed by atoms with Crippen molar-refractivity contribution in [1.82, 2.24) is 0 Å². The number of hydrogen-bond acceptors (Lipinski definition) is 11. The fraction of sp³-hybridized carbons (Fsp3) is 0.561. The van der Waals surface area contributed by atoms with Gasteiger partial charge in [0, 0.05) is 44.1 Å². The monoisotopic (exact) mass is 718 g/mol. The molecule has 280 valence electrons. The lowest BCUT2D eigenvalue weighted by Crippen LogP contribution is -2.81. The van der Waals surface area contributed by atoms with Crippen molar-refractivity contribution < 1.29 is 53.1 Å². The number of carbonyl (C=O) groups is 4. The van der Waals surface area contributed by atoms with Gasteiger partial charge in [-0.25, -0.2) is 9.59 Å². The highest BCUT2D eigenvalue weighted by molar-refractivity contribution is 5.92. The lowest BCUT2D eigenvalue weighted by atomic mass is 9.43. The number of rotatable bonds is 8. The van der Waals surface area contributed by atoms with Gasteiger partial charge in [0.25, 0.3) is 0 Å². The van der Waals surface area contributed by atoms with E-state index in [0.717, 1.165) is 5.56 Å². The van der Waals surface area contributed by atoms with E-state index in [1.165, 1.54) is 14.0 Å². The minimum absolute atomic E-state index is 0.102. The molecule has 52 heavy (non-hydrogen) atoms. The topological polar surface area (TPSA) is 155 Å². The first kappa shape index (κ1) is 37.8. The maximum Gasteiger partial charge on any atom is 0.338 e. The first-order chi connectivity index (χ1) is 24.5. The van der Waals surface area contributed by atoms with Crippen LogP contribution in [0.3, 0.4) is 0 Å². The van der Waals surface area contributed by atoms with Crippen molar-refractivity contribution in [3.05, 3.63) is 82.9 Å². The maximum absolute atomic E-state index is 15.3. The highest BCUT2D eigenvalue weighted by Gasteiger charge is 2.78. The van der Waals surface area contributed by atoms with Crippen molar-refractivity contribution in [3.63, 3.8) is 0 Å². The normalized spacial score (nSPS) is 36.1. The Kier molecular flexibility index (Phi) is 9.83. The zero-order chi connectivity index (χ0) is 38.0. The SMILES string of the molecule is CO[C@H]1C[C@H]2OC[C@@]2(OC(C)=O)[C@H]2[C@H](OC(=O)c3ccccc3)[C@]3(O)CC(OC(=O)[C@H](O)[C@@H](C)c4ccccc4)C(C)=C([C@@H](C)C(=O)[C@]12C)C3(C)C. The van der Waals surface area contributed by atoms with Gasteiger partial charge in [-0.2, -0.15) is 0 Å². The van der Waals surface area contributed by atoms with E-state index in [-0.39, 0.29) is 30.8 Å². The number of hydrogen-bond donors (Lipinski definition) is 2. The molecule has 0 amide bonds. The van der Waals surface area contributed by atoms with Gasteiger partial charge >= 0.3 is 17.9 Å². The molecule has 6 rings (SSSR count). The lowest BCUT2D eigenvalue weighted by Gasteiger charge is -2.68. The molecule has 2 aromatic rings. The summed E-state index contributed by atoms with van der Waals surface area (Å²) >= 11 is 0. The fourth-order valence-corrected chi connectivity index (χ4v) is 9.94. The van der Waals surface area contributed by atoms with Gasteiger partial charge in [0.05, 0.1) is 29.6 Å². The van der Waals surface area contributed by atoms with E-state index < -0.39 is 88.2 Å². The molecule has 3 fully saturated rings. The summed E-state index contributed by atoms with van der Waals surface area (Å²) in [5, 5.41) is 24.7. The summed E-state index contributed by atoms with van der Waals surface area (Å²) in [6, 6.07) is 17.4. The molecule has 1 unspecified atom stereocenters. The average Bonchev–Trinajstić information content (AvgIpc) is 3.11. The van der Waals surface area contributed by atoms with Crippen LogP contribution in [0, 0.1) is 22.7 Å². The predicted octanol–water partition coefficient (Wildman–Crippen LogP) is 4.73. The number of ether oxygens (including phenoxy) is 5. The molecule has 2 bridgehead atoms. The van der Waals surface area contributed by atoms with E-state index in [4.69, 9.17) is 23.7 Å². The zero-order valence-electron chi connectivity index (χ0n) is 31.1. The minimum atomic E-state index is -2.03. The summed E-state index contributed by atoms with van der Waals surface area (Å²) in [4.78, 5) is 56.0. The molecule has 11 atom stereocenters. The van der Waals surface area contributed by atoms with Crippen molar-refractivity contribution in [2.45, 2.75) is 109 Å². The third-order valence-corrected chi connectivity index (χ3v) is 12.8. The molecule has 1 aliphatic heterocycles. The first-order valence-electron chi connectivity index (χ1n) is 18.0. The van der Waals surface area contributed by atoms with Gasteiger partial charge in [0.2, 0.25) is 0 Å². The number of benzene rings is 2. The summed E-state index contributed by atoms with van der Waals surface area (Å²) in [6.07, 6.45) is -5.71. The lowest BCUT2D eigenvalue weighted by molar-refractivity contribution is -0.346. The van der Waals surface area contributed by atoms with Crippen LogP contribution < -0.4 is 0 Å². The molecule has 1 heterocycles. The van der Waals surface area contributed by atoms with Crippen LogP contribution in [0.1, 0.15) is 83.1 Å². The van der Waals surface area contributed by atoms with Gasteiger partial charge < -0.3 is 33.9 Å². The van der Waals surface area contributed by atoms with Crippen LogP contribution in [0.5, 0.6) is 0 Å². The second kappa shape index (κ2) is 13.5. The minimum Gasteiger partial charge on any atom is -0.456 e. The molecule has 2 N–H and O–H groups in total. The molecule has 0 spiro atoms. The summed E-state index contributed by atoms with van der Waals surface area (Å²) in [5.41, 5.74) is -4.20. The molecule has 4 aliphatic rings. The van der Waals surface area contributed by atoms with Crippen molar-refractivity contribution in [3.8, 4) is 0 Å². The van der Waals surface area contributed by atoms with Crippen molar-refractivity contribution in [2.75, 3.05) is 13.7 Å². The molecule has 1 saturated heterocycles. The van der Waals surface area contributed by atoms with Crippen LogP contribution in [0.25, 0.3) is 0 Å². The summed E-state index contributed by atoms with van der Waals surface area (Å²) in [7, 11) is 1.49. The number of aliphatic hydroxyl groups is 2. The van der Waals surface area contributed by atoms with Crippen LogP contribution in [-0.2, 0) is 38.1 Å². The smallest absolute Gasteiger partial charge is 0.338 e. The quantitative estimate of drug-likeness (QED) is 0.221. The Morgan fingerprint density at radius 2 is 1.60 bits per heavy atom. The summed E-state index contributed by atoms with van der Waals surface area (Å²) in [5.74, 6) is -5.17. The van der Waals surface area contributed by atoms with Crippen molar-refractivity contribution in [1.29, 1.82) is 0 Å². The Hall–Kier alpha value is -3.90. The molecular weight excluding hydrogens is 668 g/mol. The first-order valence-corrected chi connectivity index (χ1v) is 18.0. The Morgan fingerprint density at radius 3 is 2.15 bits per heavy atom. The Morgan fingerprint density at radius 1 is 0.981 bits per heavy atom.